The molecule has 0 spiro atoms. The van der Waals surface area contributed by atoms with Crippen molar-refractivity contribution in [2.24, 2.45) is 5.10 Å². The maximum atomic E-state index is 12.6. The van der Waals surface area contributed by atoms with Gasteiger partial charge in [-0.2, -0.15) is 5.10 Å². The lowest BCUT2D eigenvalue weighted by Crippen LogP contribution is -2.33. The third-order valence-electron chi connectivity index (χ3n) is 5.04. The first kappa shape index (κ1) is 21.9. The van der Waals surface area contributed by atoms with Crippen molar-refractivity contribution < 1.29 is 19.4 Å². The fraction of sp³-hybridized carbons (Fsp3) is 0.333. The molecular weight excluding hydrogens is 404 g/mol. The van der Waals surface area contributed by atoms with Gasteiger partial charge in [0, 0.05) is 31.0 Å². The molecule has 1 aliphatic heterocycles. The van der Waals surface area contributed by atoms with Crippen molar-refractivity contribution in [3.63, 3.8) is 0 Å². The van der Waals surface area contributed by atoms with E-state index in [9.17, 15) is 19.5 Å². The van der Waals surface area contributed by atoms with Crippen LogP contribution in [0.3, 0.4) is 0 Å². The van der Waals surface area contributed by atoms with Gasteiger partial charge in [0.1, 0.15) is 17.1 Å². The second-order valence-corrected chi connectivity index (χ2v) is 6.82. The molecule has 0 saturated carbocycles. The molecule has 1 amide bonds. The van der Waals surface area contributed by atoms with Gasteiger partial charge in [-0.25, -0.2) is 9.80 Å². The fourth-order valence-corrected chi connectivity index (χ4v) is 3.51. The Morgan fingerprint density at radius 1 is 1.35 bits per heavy atom. The number of aromatic amines is 1. The number of methoxy groups -OCH3 is 2. The molecule has 0 saturated heterocycles. The Kier molecular flexibility index (Phi) is 6.28. The number of nitrogens with one attached hydrogen (secondary N) is 1. The van der Waals surface area contributed by atoms with E-state index in [0.29, 0.717) is 17.1 Å². The highest BCUT2D eigenvalue weighted by Crippen LogP contribution is 2.39. The summed E-state index contributed by atoms with van der Waals surface area (Å²) in [6.07, 6.45) is 1.74. The molecule has 1 aromatic carbocycles. The summed E-state index contributed by atoms with van der Waals surface area (Å²) in [6.45, 7) is 5.25. The van der Waals surface area contributed by atoms with Crippen LogP contribution >= 0.6 is 0 Å². The van der Waals surface area contributed by atoms with E-state index in [-0.39, 0.29) is 36.6 Å². The first-order chi connectivity index (χ1) is 14.9. The molecule has 2 heterocycles. The number of hydrazone groups is 1. The van der Waals surface area contributed by atoms with Crippen molar-refractivity contribution in [2.45, 2.75) is 32.4 Å². The lowest BCUT2D eigenvalue weighted by Gasteiger charge is -2.23. The third-order valence-corrected chi connectivity index (χ3v) is 5.04. The largest absolute Gasteiger partial charge is 0.497 e. The van der Waals surface area contributed by atoms with Crippen LogP contribution in [-0.2, 0) is 11.3 Å². The molecule has 10 heteroatoms. The van der Waals surface area contributed by atoms with Crippen molar-refractivity contribution >= 4 is 11.6 Å². The Balaban J connectivity index is 2.13. The molecule has 0 unspecified atom stereocenters. The highest BCUT2D eigenvalue weighted by molar-refractivity contribution is 6.04. The van der Waals surface area contributed by atoms with E-state index < -0.39 is 23.2 Å². The molecule has 0 radical (unpaired) electrons. The molecule has 3 rings (SSSR count). The Morgan fingerprint density at radius 3 is 2.71 bits per heavy atom. The number of carbonyl (C=O) groups is 1. The number of H-pyrrole nitrogens is 1. The van der Waals surface area contributed by atoms with Crippen LogP contribution in [0.1, 0.15) is 36.9 Å². The van der Waals surface area contributed by atoms with Crippen LogP contribution in [0.5, 0.6) is 17.4 Å². The van der Waals surface area contributed by atoms with Gasteiger partial charge in [-0.1, -0.05) is 13.0 Å². The summed E-state index contributed by atoms with van der Waals surface area (Å²) >= 11 is 0. The van der Waals surface area contributed by atoms with Crippen LogP contribution in [0, 0.1) is 0 Å². The number of nitrogens with zero attached hydrogens (tertiary/aromatic N) is 3. The molecule has 0 fully saturated rings. The summed E-state index contributed by atoms with van der Waals surface area (Å²) in [5.41, 5.74) is -0.863. The van der Waals surface area contributed by atoms with E-state index in [1.165, 1.54) is 25.3 Å². The number of carbonyl (C=O) groups excluding carboxylic acids is 1. The Labute approximate surface area is 178 Å². The monoisotopic (exact) mass is 428 g/mol. The summed E-state index contributed by atoms with van der Waals surface area (Å²) in [5.74, 6) is 0.273. The van der Waals surface area contributed by atoms with Gasteiger partial charge in [0.25, 0.3) is 5.56 Å². The molecule has 1 aliphatic rings. The summed E-state index contributed by atoms with van der Waals surface area (Å²) in [4.78, 5) is 39.4. The van der Waals surface area contributed by atoms with E-state index in [2.05, 4.69) is 16.7 Å². The SMILES string of the molecule is C=CCn1c(O)c(C2=NN(C(=O)CC)[C@@H](c3ccc(OC)cc3OC)C2)c(=O)[nH]c1=O. The number of rotatable bonds is 7. The third kappa shape index (κ3) is 3.96. The first-order valence-electron chi connectivity index (χ1n) is 9.65. The molecule has 0 aliphatic carbocycles. The van der Waals surface area contributed by atoms with Crippen LogP contribution in [0.25, 0.3) is 0 Å². The van der Waals surface area contributed by atoms with Gasteiger partial charge in [-0.05, 0) is 12.1 Å². The minimum atomic E-state index is -0.784. The van der Waals surface area contributed by atoms with Crippen molar-refractivity contribution in [2.75, 3.05) is 14.2 Å². The summed E-state index contributed by atoms with van der Waals surface area (Å²) in [7, 11) is 3.04. The number of allylic oxidation sites excluding steroid dienone is 1. The fourth-order valence-electron chi connectivity index (χ4n) is 3.51. The predicted octanol–water partition coefficient (Wildman–Crippen LogP) is 1.53. The average molecular weight is 428 g/mol. The number of benzene rings is 1. The van der Waals surface area contributed by atoms with Gasteiger partial charge < -0.3 is 14.6 Å². The highest BCUT2D eigenvalue weighted by atomic mass is 16.5. The summed E-state index contributed by atoms with van der Waals surface area (Å²) in [6, 6.07) is 4.62. The number of aromatic hydroxyl groups is 1. The van der Waals surface area contributed by atoms with Gasteiger partial charge in [-0.15, -0.1) is 6.58 Å². The van der Waals surface area contributed by atoms with Gasteiger partial charge >= 0.3 is 5.69 Å². The second-order valence-electron chi connectivity index (χ2n) is 6.82. The summed E-state index contributed by atoms with van der Waals surface area (Å²) < 4.78 is 11.7. The molecular formula is C21H24N4O6. The molecule has 2 N–H and O–H groups in total. The number of amides is 1. The minimum Gasteiger partial charge on any atom is -0.497 e. The molecule has 164 valence electrons. The maximum absolute atomic E-state index is 12.6. The standard InChI is InChI=1S/C21H24N4O6/c1-5-9-24-20(28)18(19(27)22-21(24)29)14-11-15(25(23-14)17(26)6-2)13-8-7-12(30-3)10-16(13)31-4/h5,7-8,10,15,28H,1,6,9,11H2,2-4H3,(H,22,27,29)/t15-/m1/s1. The van der Waals surface area contributed by atoms with E-state index in [0.717, 1.165) is 4.57 Å². The molecule has 0 bridgehead atoms. The van der Waals surface area contributed by atoms with Crippen LogP contribution in [0.2, 0.25) is 0 Å². The lowest BCUT2D eigenvalue weighted by molar-refractivity contribution is -0.132. The Bertz CT molecular complexity index is 1160. The van der Waals surface area contributed by atoms with E-state index in [1.54, 1.807) is 25.1 Å². The van der Waals surface area contributed by atoms with Crippen molar-refractivity contribution in [3.8, 4) is 17.4 Å². The number of hydrogen-bond donors (Lipinski definition) is 2. The Hall–Kier alpha value is -3.82. The van der Waals surface area contributed by atoms with Crippen LogP contribution in [0.4, 0.5) is 0 Å². The van der Waals surface area contributed by atoms with E-state index in [1.807, 2.05) is 0 Å². The van der Waals surface area contributed by atoms with Gasteiger partial charge in [0.05, 0.1) is 26.0 Å². The molecule has 2 aromatic rings. The Morgan fingerprint density at radius 2 is 2.10 bits per heavy atom. The zero-order valence-corrected chi connectivity index (χ0v) is 17.5. The van der Waals surface area contributed by atoms with Gasteiger partial charge in [0.15, 0.2) is 0 Å². The smallest absolute Gasteiger partial charge is 0.331 e. The van der Waals surface area contributed by atoms with Crippen LogP contribution in [-0.4, -0.2) is 45.5 Å². The normalized spacial score (nSPS) is 15.5. The molecule has 1 aromatic heterocycles. The number of ether oxygens (including phenoxy) is 2. The topological polar surface area (TPSA) is 126 Å². The maximum Gasteiger partial charge on any atom is 0.331 e. The second kappa shape index (κ2) is 8.90. The predicted molar refractivity (Wildman–Crippen MR) is 114 cm³/mol. The van der Waals surface area contributed by atoms with Crippen molar-refractivity contribution in [1.29, 1.82) is 0 Å². The van der Waals surface area contributed by atoms with E-state index >= 15 is 0 Å². The highest BCUT2D eigenvalue weighted by Gasteiger charge is 2.36. The minimum absolute atomic E-state index is 0.00490. The van der Waals surface area contributed by atoms with Gasteiger partial charge in [-0.3, -0.25) is 19.1 Å². The van der Waals surface area contributed by atoms with Crippen molar-refractivity contribution in [3.05, 3.63) is 62.8 Å². The zero-order chi connectivity index (χ0) is 22.7. The average Bonchev–Trinajstić information content (AvgIpc) is 3.19. The quantitative estimate of drug-likeness (QED) is 0.644. The van der Waals surface area contributed by atoms with Crippen LogP contribution in [0.15, 0.2) is 45.5 Å². The van der Waals surface area contributed by atoms with Crippen molar-refractivity contribution in [1.82, 2.24) is 14.6 Å². The molecule has 31 heavy (non-hydrogen) atoms. The zero-order valence-electron chi connectivity index (χ0n) is 17.5. The lowest BCUT2D eigenvalue weighted by atomic mass is 9.98. The number of aromatic nitrogens is 2. The first-order valence-corrected chi connectivity index (χ1v) is 9.65. The summed E-state index contributed by atoms with van der Waals surface area (Å²) in [5, 5.41) is 16.2. The van der Waals surface area contributed by atoms with Gasteiger partial charge in [0.2, 0.25) is 11.8 Å². The number of hydrogen-bond acceptors (Lipinski definition) is 7. The van der Waals surface area contributed by atoms with Crippen LogP contribution < -0.4 is 20.7 Å². The molecule has 1 atom stereocenters. The molecule has 10 nitrogen and oxygen atoms in total. The van der Waals surface area contributed by atoms with E-state index in [4.69, 9.17) is 9.47 Å².